The van der Waals surface area contributed by atoms with Gasteiger partial charge >= 0.3 is 12.1 Å². The number of nitrogens with one attached hydrogen (secondary N) is 2. The third-order valence-electron chi connectivity index (χ3n) is 6.46. The molecule has 4 rings (SSSR count). The Kier molecular flexibility index (Phi) is 9.19. The molecule has 0 unspecified atom stereocenters. The fourth-order valence-corrected chi connectivity index (χ4v) is 4.25. The Morgan fingerprint density at radius 1 is 0.732 bits per heavy atom. The van der Waals surface area contributed by atoms with Gasteiger partial charge in [0.05, 0.1) is 5.56 Å². The van der Waals surface area contributed by atoms with E-state index in [1.807, 2.05) is 30.3 Å². The highest BCUT2D eigenvalue weighted by molar-refractivity contribution is 5.98. The molecule has 0 bridgehead atoms. The molecule has 41 heavy (non-hydrogen) atoms. The van der Waals surface area contributed by atoms with E-state index in [0.29, 0.717) is 22.3 Å². The molecule has 0 fully saturated rings. The summed E-state index contributed by atoms with van der Waals surface area (Å²) in [7, 11) is 0. The van der Waals surface area contributed by atoms with Crippen molar-refractivity contribution >= 4 is 17.8 Å². The third kappa shape index (κ3) is 8.04. The number of aliphatic carboxylic acids is 1. The van der Waals surface area contributed by atoms with Gasteiger partial charge in [-0.25, -0.2) is 0 Å². The van der Waals surface area contributed by atoms with Crippen molar-refractivity contribution in [2.24, 2.45) is 0 Å². The van der Waals surface area contributed by atoms with Crippen molar-refractivity contribution in [3.8, 4) is 22.3 Å². The Labute approximate surface area is 234 Å². The minimum Gasteiger partial charge on any atom is -0.481 e. The Balaban J connectivity index is 1.41. The number of carbonyl (C=O) groups is 3. The number of benzene rings is 4. The zero-order valence-electron chi connectivity index (χ0n) is 21.8. The lowest BCUT2D eigenvalue weighted by atomic mass is 10.0. The van der Waals surface area contributed by atoms with Crippen LogP contribution in [0.15, 0.2) is 103 Å². The number of rotatable bonds is 10. The normalized spacial score (nSPS) is 11.9. The van der Waals surface area contributed by atoms with Crippen LogP contribution in [0.3, 0.4) is 0 Å². The highest BCUT2D eigenvalue weighted by Crippen LogP contribution is 2.31. The average Bonchev–Trinajstić information content (AvgIpc) is 2.98. The monoisotopic (exact) mass is 560 g/mol. The highest BCUT2D eigenvalue weighted by atomic mass is 19.4. The topological polar surface area (TPSA) is 95.5 Å². The van der Waals surface area contributed by atoms with Crippen molar-refractivity contribution in [1.29, 1.82) is 0 Å². The molecule has 0 aliphatic rings. The number of alkyl halides is 3. The van der Waals surface area contributed by atoms with E-state index >= 15 is 0 Å². The molecule has 0 spiro atoms. The van der Waals surface area contributed by atoms with Crippen LogP contribution in [0, 0.1) is 0 Å². The van der Waals surface area contributed by atoms with Crippen LogP contribution >= 0.6 is 0 Å². The molecule has 3 N–H and O–H groups in total. The second-order valence-corrected chi connectivity index (χ2v) is 9.40. The lowest BCUT2D eigenvalue weighted by molar-refractivity contribution is -0.138. The van der Waals surface area contributed by atoms with Gasteiger partial charge in [0.15, 0.2) is 0 Å². The fourth-order valence-electron chi connectivity index (χ4n) is 4.25. The summed E-state index contributed by atoms with van der Waals surface area (Å²) >= 11 is 0. The second-order valence-electron chi connectivity index (χ2n) is 9.40. The van der Waals surface area contributed by atoms with Crippen molar-refractivity contribution in [2.45, 2.75) is 31.6 Å². The van der Waals surface area contributed by atoms with Gasteiger partial charge in [-0.2, -0.15) is 13.2 Å². The van der Waals surface area contributed by atoms with E-state index in [2.05, 4.69) is 10.6 Å². The third-order valence-corrected chi connectivity index (χ3v) is 6.46. The Hall–Kier alpha value is -4.92. The van der Waals surface area contributed by atoms with Gasteiger partial charge in [-0.05, 0) is 64.6 Å². The van der Waals surface area contributed by atoms with E-state index in [1.54, 1.807) is 48.5 Å². The van der Waals surface area contributed by atoms with E-state index in [9.17, 15) is 27.6 Å². The van der Waals surface area contributed by atoms with Crippen molar-refractivity contribution in [3.05, 3.63) is 120 Å². The van der Waals surface area contributed by atoms with Crippen LogP contribution in [0.2, 0.25) is 0 Å². The maximum atomic E-state index is 13.0. The SMILES string of the molecule is O=C(O)CC[C@H](NC(=O)c1ccc(-c2ccccc2)cc1)C(=O)NCc1cccc(-c2ccc(C(F)(F)F)cc2)c1. The molecule has 210 valence electrons. The summed E-state index contributed by atoms with van der Waals surface area (Å²) in [4.78, 5) is 37.1. The van der Waals surface area contributed by atoms with E-state index in [1.165, 1.54) is 12.1 Å². The Bertz CT molecular complexity index is 1500. The molecule has 0 saturated carbocycles. The molecule has 4 aromatic carbocycles. The van der Waals surface area contributed by atoms with Crippen LogP contribution < -0.4 is 10.6 Å². The smallest absolute Gasteiger partial charge is 0.416 e. The first-order valence-corrected chi connectivity index (χ1v) is 12.8. The quantitative estimate of drug-likeness (QED) is 0.212. The predicted molar refractivity (Wildman–Crippen MR) is 149 cm³/mol. The van der Waals surface area contributed by atoms with E-state index in [0.717, 1.165) is 23.3 Å². The number of carboxylic acid groups (broad SMARTS) is 1. The summed E-state index contributed by atoms with van der Waals surface area (Å²) in [5, 5.41) is 14.5. The number of amides is 2. The van der Waals surface area contributed by atoms with Crippen molar-refractivity contribution in [2.75, 3.05) is 0 Å². The molecule has 0 aliphatic heterocycles. The van der Waals surface area contributed by atoms with Crippen LogP contribution in [-0.4, -0.2) is 28.9 Å². The van der Waals surface area contributed by atoms with Gasteiger partial charge in [0.25, 0.3) is 5.91 Å². The lowest BCUT2D eigenvalue weighted by Gasteiger charge is -2.18. The first-order chi connectivity index (χ1) is 19.6. The second kappa shape index (κ2) is 13.0. The van der Waals surface area contributed by atoms with E-state index in [-0.39, 0.29) is 19.4 Å². The maximum absolute atomic E-state index is 13.0. The van der Waals surface area contributed by atoms with Gasteiger partial charge in [-0.15, -0.1) is 0 Å². The van der Waals surface area contributed by atoms with Crippen molar-refractivity contribution in [1.82, 2.24) is 10.6 Å². The Morgan fingerprint density at radius 2 is 1.32 bits per heavy atom. The number of carbonyl (C=O) groups excluding carboxylic acids is 2. The molecular weight excluding hydrogens is 533 g/mol. The van der Waals surface area contributed by atoms with Crippen LogP contribution in [-0.2, 0) is 22.3 Å². The molecule has 0 radical (unpaired) electrons. The van der Waals surface area contributed by atoms with Gasteiger partial charge in [0.2, 0.25) is 5.91 Å². The van der Waals surface area contributed by atoms with E-state index < -0.39 is 35.6 Å². The number of halogens is 3. The highest BCUT2D eigenvalue weighted by Gasteiger charge is 2.30. The van der Waals surface area contributed by atoms with Crippen LogP contribution in [0.25, 0.3) is 22.3 Å². The van der Waals surface area contributed by atoms with Crippen LogP contribution in [0.5, 0.6) is 0 Å². The van der Waals surface area contributed by atoms with Crippen molar-refractivity contribution < 1.29 is 32.7 Å². The van der Waals surface area contributed by atoms with Crippen LogP contribution in [0.1, 0.15) is 34.3 Å². The predicted octanol–water partition coefficient (Wildman–Crippen LogP) is 6.32. The molecular formula is C32H27F3N2O4. The van der Waals surface area contributed by atoms with Gasteiger partial charge < -0.3 is 15.7 Å². The molecule has 0 saturated heterocycles. The molecule has 0 heterocycles. The van der Waals surface area contributed by atoms with Gasteiger partial charge in [0.1, 0.15) is 6.04 Å². The summed E-state index contributed by atoms with van der Waals surface area (Å²) in [5.41, 5.74) is 3.40. The summed E-state index contributed by atoms with van der Waals surface area (Å²) in [6, 6.07) is 27.1. The van der Waals surface area contributed by atoms with Gasteiger partial charge in [0, 0.05) is 18.5 Å². The molecule has 0 aromatic heterocycles. The molecule has 1 atom stereocenters. The molecule has 6 nitrogen and oxygen atoms in total. The molecule has 0 aliphatic carbocycles. The standard InChI is InChI=1S/C32H27F3N2O4/c33-32(34,35)27-15-13-24(14-16-27)26-8-4-5-21(19-26)20-36-31(41)28(17-18-29(38)39)37-30(40)25-11-9-23(10-12-25)22-6-2-1-3-7-22/h1-16,19,28H,17-18,20H2,(H,36,41)(H,37,40)(H,38,39)/t28-/m0/s1. The lowest BCUT2D eigenvalue weighted by Crippen LogP contribution is -2.46. The van der Waals surface area contributed by atoms with Gasteiger partial charge in [-0.1, -0.05) is 72.8 Å². The van der Waals surface area contributed by atoms with Gasteiger partial charge in [-0.3, -0.25) is 14.4 Å². The summed E-state index contributed by atoms with van der Waals surface area (Å²) < 4.78 is 38.6. The molecule has 9 heteroatoms. The number of carboxylic acids is 1. The number of hydrogen-bond acceptors (Lipinski definition) is 3. The average molecular weight is 561 g/mol. The fraction of sp³-hybridized carbons (Fsp3) is 0.156. The van der Waals surface area contributed by atoms with E-state index in [4.69, 9.17) is 5.11 Å². The zero-order chi connectivity index (χ0) is 29.4. The molecule has 2 amide bonds. The minimum absolute atomic E-state index is 0.0680. The minimum atomic E-state index is -4.43. The summed E-state index contributed by atoms with van der Waals surface area (Å²) in [6.45, 7) is 0.0680. The Morgan fingerprint density at radius 3 is 1.95 bits per heavy atom. The first-order valence-electron chi connectivity index (χ1n) is 12.8. The summed E-state index contributed by atoms with van der Waals surface area (Å²) in [5.74, 6) is -2.17. The first kappa shape index (κ1) is 29.1. The van der Waals surface area contributed by atoms with Crippen LogP contribution in [0.4, 0.5) is 13.2 Å². The summed E-state index contributed by atoms with van der Waals surface area (Å²) in [6.07, 6.45) is -4.86. The largest absolute Gasteiger partial charge is 0.481 e. The molecule has 4 aromatic rings. The number of hydrogen-bond donors (Lipinski definition) is 3. The zero-order valence-corrected chi connectivity index (χ0v) is 21.8. The van der Waals surface area contributed by atoms with Crippen molar-refractivity contribution in [3.63, 3.8) is 0 Å². The maximum Gasteiger partial charge on any atom is 0.416 e.